The maximum absolute atomic E-state index is 15.1. The first kappa shape index (κ1) is 27.4. The molecule has 4 rings (SSSR count). The molecule has 3 aromatic rings. The number of nitrogens with zero attached hydrogens (tertiary/aromatic N) is 1. The number of anilines is 1. The van der Waals surface area contributed by atoms with E-state index in [0.717, 1.165) is 49.1 Å². The Morgan fingerprint density at radius 2 is 1.45 bits per heavy atom. The number of amides is 2. The first-order valence-corrected chi connectivity index (χ1v) is 13.9. The van der Waals surface area contributed by atoms with E-state index in [4.69, 9.17) is 0 Å². The third-order valence-electron chi connectivity index (χ3n) is 6.51. The van der Waals surface area contributed by atoms with E-state index >= 15 is 8.78 Å². The average molecular weight is 542 g/mol. The van der Waals surface area contributed by atoms with Crippen molar-refractivity contribution in [2.24, 2.45) is 0 Å². The summed E-state index contributed by atoms with van der Waals surface area (Å²) in [5.41, 5.74) is -0.410. The quantitative estimate of drug-likeness (QED) is 0.418. The van der Waals surface area contributed by atoms with Crippen molar-refractivity contribution in [3.63, 3.8) is 0 Å². The summed E-state index contributed by atoms with van der Waals surface area (Å²) < 4.78 is 57.9. The maximum atomic E-state index is 15.1. The molecule has 1 aliphatic rings. The monoisotopic (exact) mass is 541 g/mol. The Labute approximate surface area is 220 Å². The van der Waals surface area contributed by atoms with E-state index in [0.29, 0.717) is 0 Å². The molecule has 1 fully saturated rings. The lowest BCUT2D eigenvalue weighted by Gasteiger charge is -2.33. The molecule has 38 heavy (non-hydrogen) atoms. The van der Waals surface area contributed by atoms with Gasteiger partial charge in [-0.25, -0.2) is 21.9 Å². The molecular formula is C28H29F2N3O4S. The summed E-state index contributed by atoms with van der Waals surface area (Å²) in [6.07, 6.45) is 4.37. The SMILES string of the molecule is O=C(NC1CCCCC1)[C@H](c1ccccc1F)N(C(=O)CNS(=O)(=O)c1ccccc1)c1ccccc1F. The van der Waals surface area contributed by atoms with Gasteiger partial charge in [-0.05, 0) is 43.2 Å². The van der Waals surface area contributed by atoms with Gasteiger partial charge in [0.15, 0.2) is 0 Å². The van der Waals surface area contributed by atoms with Crippen LogP contribution in [0.2, 0.25) is 0 Å². The molecule has 0 bridgehead atoms. The van der Waals surface area contributed by atoms with Gasteiger partial charge >= 0.3 is 0 Å². The van der Waals surface area contributed by atoms with Crippen LogP contribution in [0.15, 0.2) is 83.8 Å². The second-order valence-electron chi connectivity index (χ2n) is 9.12. The molecule has 1 aliphatic carbocycles. The van der Waals surface area contributed by atoms with E-state index in [2.05, 4.69) is 10.0 Å². The molecule has 0 radical (unpaired) electrons. The van der Waals surface area contributed by atoms with Crippen molar-refractivity contribution < 1.29 is 26.8 Å². The Bertz CT molecular complexity index is 1380. The van der Waals surface area contributed by atoms with Crippen LogP contribution in [0.5, 0.6) is 0 Å². The molecule has 0 unspecified atom stereocenters. The Morgan fingerprint density at radius 1 is 0.842 bits per heavy atom. The topological polar surface area (TPSA) is 95.6 Å². The van der Waals surface area contributed by atoms with E-state index < -0.39 is 46.1 Å². The van der Waals surface area contributed by atoms with Crippen LogP contribution in [-0.2, 0) is 19.6 Å². The lowest BCUT2D eigenvalue weighted by molar-refractivity contribution is -0.127. The molecule has 3 aromatic carbocycles. The van der Waals surface area contributed by atoms with Crippen molar-refractivity contribution >= 4 is 27.5 Å². The van der Waals surface area contributed by atoms with Gasteiger partial charge in [0.1, 0.15) is 17.7 Å². The van der Waals surface area contributed by atoms with E-state index in [1.165, 1.54) is 60.7 Å². The van der Waals surface area contributed by atoms with Gasteiger partial charge < -0.3 is 5.32 Å². The number of hydrogen-bond acceptors (Lipinski definition) is 4. The summed E-state index contributed by atoms with van der Waals surface area (Å²) in [5.74, 6) is -3.18. The fourth-order valence-electron chi connectivity index (χ4n) is 4.61. The Balaban J connectivity index is 1.73. The molecule has 1 saturated carbocycles. The third kappa shape index (κ3) is 6.43. The molecule has 10 heteroatoms. The van der Waals surface area contributed by atoms with Crippen molar-refractivity contribution in [1.82, 2.24) is 10.0 Å². The van der Waals surface area contributed by atoms with E-state index in [9.17, 15) is 18.0 Å². The Kier molecular flexibility index (Phi) is 8.85. The number of halogens is 2. The second-order valence-corrected chi connectivity index (χ2v) is 10.9. The highest BCUT2D eigenvalue weighted by Crippen LogP contribution is 2.32. The zero-order valence-electron chi connectivity index (χ0n) is 20.6. The normalized spacial score (nSPS) is 15.0. The minimum atomic E-state index is -4.09. The minimum Gasteiger partial charge on any atom is -0.351 e. The van der Waals surface area contributed by atoms with Crippen molar-refractivity contribution in [2.45, 2.75) is 49.1 Å². The van der Waals surface area contributed by atoms with E-state index in [1.807, 2.05) is 0 Å². The number of carbonyl (C=O) groups is 2. The van der Waals surface area contributed by atoms with E-state index in [1.54, 1.807) is 6.07 Å². The largest absolute Gasteiger partial charge is 0.351 e. The molecule has 200 valence electrons. The van der Waals surface area contributed by atoms with Crippen LogP contribution in [0, 0.1) is 11.6 Å². The predicted molar refractivity (Wildman–Crippen MR) is 140 cm³/mol. The number of benzene rings is 3. The highest BCUT2D eigenvalue weighted by Gasteiger charge is 2.37. The van der Waals surface area contributed by atoms with Crippen molar-refractivity contribution in [3.05, 3.63) is 96.1 Å². The van der Waals surface area contributed by atoms with Gasteiger partial charge in [-0.3, -0.25) is 14.5 Å². The highest BCUT2D eigenvalue weighted by atomic mass is 32.2. The van der Waals surface area contributed by atoms with Crippen LogP contribution in [0.4, 0.5) is 14.5 Å². The van der Waals surface area contributed by atoms with Crippen LogP contribution >= 0.6 is 0 Å². The fourth-order valence-corrected chi connectivity index (χ4v) is 5.61. The van der Waals surface area contributed by atoms with Crippen LogP contribution in [0.1, 0.15) is 43.7 Å². The smallest absolute Gasteiger partial charge is 0.248 e. The second kappa shape index (κ2) is 12.3. The molecule has 0 aromatic heterocycles. The number of rotatable bonds is 9. The lowest BCUT2D eigenvalue weighted by Crippen LogP contribution is -2.50. The predicted octanol–water partition coefficient (Wildman–Crippen LogP) is 4.47. The van der Waals surface area contributed by atoms with Gasteiger partial charge in [-0.2, -0.15) is 0 Å². The average Bonchev–Trinajstić information content (AvgIpc) is 2.92. The van der Waals surface area contributed by atoms with Crippen LogP contribution in [0.25, 0.3) is 0 Å². The van der Waals surface area contributed by atoms with Crippen LogP contribution in [-0.4, -0.2) is 32.8 Å². The molecule has 2 amide bonds. The Morgan fingerprint density at radius 3 is 2.11 bits per heavy atom. The van der Waals surface area contributed by atoms with Gasteiger partial charge in [-0.1, -0.05) is 67.8 Å². The highest BCUT2D eigenvalue weighted by molar-refractivity contribution is 7.89. The summed E-state index contributed by atoms with van der Waals surface area (Å²) in [4.78, 5) is 28.1. The van der Waals surface area contributed by atoms with Crippen molar-refractivity contribution in [1.29, 1.82) is 0 Å². The number of nitrogens with one attached hydrogen (secondary N) is 2. The molecule has 7 nitrogen and oxygen atoms in total. The van der Waals surface area contributed by atoms with Crippen molar-refractivity contribution in [3.8, 4) is 0 Å². The summed E-state index contributed by atoms with van der Waals surface area (Å²) in [6, 6.07) is 16.5. The molecule has 0 aliphatic heterocycles. The fraction of sp³-hybridized carbons (Fsp3) is 0.286. The minimum absolute atomic E-state index is 0.0639. The number of sulfonamides is 1. The molecule has 2 N–H and O–H groups in total. The molecular weight excluding hydrogens is 512 g/mol. The zero-order chi connectivity index (χ0) is 27.1. The summed E-state index contributed by atoms with van der Waals surface area (Å²) in [5, 5.41) is 2.91. The standard InChI is InChI=1S/C28H29F2N3O4S/c29-23-16-8-7-15-22(23)27(28(35)32-20-11-3-1-4-12-20)33(25-18-10-9-17-24(25)30)26(34)19-31-38(36,37)21-13-5-2-6-14-21/h2,5-10,13-18,20,27,31H,1,3-4,11-12,19H2,(H,32,35)/t27-/m0/s1. The summed E-state index contributed by atoms with van der Waals surface area (Å²) >= 11 is 0. The molecule has 0 saturated heterocycles. The summed E-state index contributed by atoms with van der Waals surface area (Å²) in [7, 11) is -4.09. The van der Waals surface area contributed by atoms with Crippen molar-refractivity contribution in [2.75, 3.05) is 11.4 Å². The van der Waals surface area contributed by atoms with Crippen LogP contribution < -0.4 is 14.9 Å². The van der Waals surface area contributed by atoms with Gasteiger partial charge in [-0.15, -0.1) is 0 Å². The van der Waals surface area contributed by atoms with Crippen LogP contribution in [0.3, 0.4) is 0 Å². The maximum Gasteiger partial charge on any atom is 0.248 e. The van der Waals surface area contributed by atoms with Gasteiger partial charge in [0, 0.05) is 11.6 Å². The molecule has 1 atom stereocenters. The molecule has 0 heterocycles. The third-order valence-corrected chi connectivity index (χ3v) is 7.92. The number of para-hydroxylation sites is 1. The van der Waals surface area contributed by atoms with Gasteiger partial charge in [0.2, 0.25) is 21.8 Å². The number of carbonyl (C=O) groups excluding carboxylic acids is 2. The molecule has 0 spiro atoms. The van der Waals surface area contributed by atoms with Gasteiger partial charge in [0.25, 0.3) is 0 Å². The zero-order valence-corrected chi connectivity index (χ0v) is 21.5. The summed E-state index contributed by atoms with van der Waals surface area (Å²) in [6.45, 7) is -0.785. The Hall–Kier alpha value is -3.63. The van der Waals surface area contributed by atoms with Gasteiger partial charge in [0.05, 0.1) is 17.1 Å². The van der Waals surface area contributed by atoms with E-state index in [-0.39, 0.29) is 22.2 Å². The lowest BCUT2D eigenvalue weighted by atomic mass is 9.94. The number of hydrogen-bond donors (Lipinski definition) is 2. The first-order valence-electron chi connectivity index (χ1n) is 12.4. The first-order chi connectivity index (χ1) is 18.3.